The van der Waals surface area contributed by atoms with E-state index in [1.54, 1.807) is 0 Å². The van der Waals surface area contributed by atoms with Crippen molar-refractivity contribution >= 4 is 35.8 Å². The topological polar surface area (TPSA) is 66.0 Å². The Labute approximate surface area is 186 Å². The first-order chi connectivity index (χ1) is 13.2. The molecule has 0 aliphatic carbocycles. The lowest BCUT2D eigenvalue weighted by molar-refractivity contribution is -0.130. The van der Waals surface area contributed by atoms with Crippen LogP contribution in [0.1, 0.15) is 44.6 Å². The second-order valence-corrected chi connectivity index (χ2v) is 6.89. The van der Waals surface area contributed by atoms with Crippen LogP contribution in [0.2, 0.25) is 0 Å². The van der Waals surface area contributed by atoms with Gasteiger partial charge in [0.15, 0.2) is 5.96 Å². The molecule has 1 aliphatic rings. The normalized spacial score (nSPS) is 14.9. The van der Waals surface area contributed by atoms with Gasteiger partial charge in [-0.1, -0.05) is 24.1 Å². The zero-order valence-electron chi connectivity index (χ0n) is 17.2. The minimum absolute atomic E-state index is 0. The number of carbonyl (C=O) groups excluding carboxylic acids is 1. The summed E-state index contributed by atoms with van der Waals surface area (Å²) in [6.07, 6.45) is 4.92. The van der Waals surface area contributed by atoms with Gasteiger partial charge >= 0.3 is 0 Å². The maximum atomic E-state index is 12.0. The van der Waals surface area contributed by atoms with E-state index in [-0.39, 0.29) is 24.0 Å². The summed E-state index contributed by atoms with van der Waals surface area (Å²) in [5, 5.41) is 6.54. The third-order valence-electron chi connectivity index (χ3n) is 4.56. The summed E-state index contributed by atoms with van der Waals surface area (Å²) in [5.41, 5.74) is 1.23. The second kappa shape index (κ2) is 14.5. The van der Waals surface area contributed by atoms with Gasteiger partial charge in [0.1, 0.15) is 12.4 Å². The number of nitrogens with one attached hydrogen (secondary N) is 2. The Hall–Kier alpha value is -1.51. The molecule has 1 saturated heterocycles. The molecule has 1 amide bonds. The number of benzene rings is 1. The Bertz CT molecular complexity index is 593. The van der Waals surface area contributed by atoms with Gasteiger partial charge in [-0.25, -0.2) is 0 Å². The zero-order chi connectivity index (χ0) is 19.3. The lowest BCUT2D eigenvalue weighted by Crippen LogP contribution is -2.39. The van der Waals surface area contributed by atoms with Crippen molar-refractivity contribution in [2.75, 3.05) is 39.3 Å². The fraction of sp³-hybridized carbons (Fsp3) is 0.619. The van der Waals surface area contributed by atoms with Crippen LogP contribution in [0.3, 0.4) is 0 Å². The third-order valence-corrected chi connectivity index (χ3v) is 4.56. The number of likely N-dealkylation sites (tertiary alicyclic amines) is 1. The van der Waals surface area contributed by atoms with Crippen molar-refractivity contribution < 1.29 is 9.53 Å². The number of ether oxygens (including phenoxy) is 1. The fourth-order valence-corrected chi connectivity index (χ4v) is 3.04. The van der Waals surface area contributed by atoms with Crippen molar-refractivity contribution in [3.05, 3.63) is 29.8 Å². The van der Waals surface area contributed by atoms with Crippen molar-refractivity contribution in [2.45, 2.75) is 46.0 Å². The summed E-state index contributed by atoms with van der Waals surface area (Å²) < 4.78 is 5.73. The van der Waals surface area contributed by atoms with Gasteiger partial charge in [-0.15, -0.1) is 24.0 Å². The van der Waals surface area contributed by atoms with Crippen LogP contribution in [0.25, 0.3) is 0 Å². The quantitative estimate of drug-likeness (QED) is 0.235. The van der Waals surface area contributed by atoms with Gasteiger partial charge in [0.05, 0.1) is 6.54 Å². The first-order valence-corrected chi connectivity index (χ1v) is 10.2. The maximum absolute atomic E-state index is 12.0. The average molecular weight is 502 g/mol. The molecule has 0 saturated carbocycles. The number of hydrogen-bond donors (Lipinski definition) is 2. The molecule has 0 bridgehead atoms. The van der Waals surface area contributed by atoms with E-state index < -0.39 is 0 Å². The van der Waals surface area contributed by atoms with Gasteiger partial charge in [0, 0.05) is 32.6 Å². The number of aryl methyl sites for hydroxylation is 1. The molecule has 0 atom stereocenters. The molecule has 0 radical (unpaired) electrons. The van der Waals surface area contributed by atoms with Crippen LogP contribution in [0, 0.1) is 6.92 Å². The van der Waals surface area contributed by atoms with Crippen LogP contribution < -0.4 is 15.4 Å². The minimum Gasteiger partial charge on any atom is -0.492 e. The Morgan fingerprint density at radius 3 is 2.71 bits per heavy atom. The van der Waals surface area contributed by atoms with Crippen LogP contribution in [0.4, 0.5) is 0 Å². The molecular formula is C21H35IN4O2. The molecule has 1 aliphatic heterocycles. The number of nitrogens with zero attached hydrogens (tertiary/aromatic N) is 2. The van der Waals surface area contributed by atoms with E-state index in [0.29, 0.717) is 32.0 Å². The summed E-state index contributed by atoms with van der Waals surface area (Å²) in [5.74, 6) is 1.98. The lowest BCUT2D eigenvalue weighted by atomic mass is 10.2. The van der Waals surface area contributed by atoms with Gasteiger partial charge < -0.3 is 20.3 Å². The largest absolute Gasteiger partial charge is 0.492 e. The van der Waals surface area contributed by atoms with Gasteiger partial charge in [-0.3, -0.25) is 9.79 Å². The summed E-state index contributed by atoms with van der Waals surface area (Å²) in [6.45, 7) is 8.60. The lowest BCUT2D eigenvalue weighted by Gasteiger charge is -2.20. The number of amides is 1. The number of aliphatic imine (C=N–C) groups is 1. The summed E-state index contributed by atoms with van der Waals surface area (Å²) in [7, 11) is 0. The van der Waals surface area contributed by atoms with Crippen LogP contribution in [0.15, 0.2) is 29.3 Å². The maximum Gasteiger partial charge on any atom is 0.222 e. The fourth-order valence-electron chi connectivity index (χ4n) is 3.04. The number of hydrogen-bond acceptors (Lipinski definition) is 3. The molecule has 1 aromatic rings. The van der Waals surface area contributed by atoms with Gasteiger partial charge in [0.2, 0.25) is 5.91 Å². The second-order valence-electron chi connectivity index (χ2n) is 6.89. The van der Waals surface area contributed by atoms with E-state index in [2.05, 4.69) is 29.5 Å². The van der Waals surface area contributed by atoms with E-state index >= 15 is 0 Å². The molecule has 2 N–H and O–H groups in total. The molecular weight excluding hydrogens is 467 g/mol. The molecule has 0 unspecified atom stereocenters. The molecule has 0 aromatic heterocycles. The summed E-state index contributed by atoms with van der Waals surface area (Å²) in [4.78, 5) is 18.6. The van der Waals surface area contributed by atoms with E-state index in [9.17, 15) is 4.79 Å². The standard InChI is InChI=1S/C21H34N4O2.HI/c1-3-22-21(24-14-17-27-19-11-9-18(2)10-12-19)23-13-7-16-25-15-6-4-5-8-20(25)26;/h9-12H,3-8,13-17H2,1-2H3,(H2,22,23,24);1H. The zero-order valence-corrected chi connectivity index (χ0v) is 19.5. The van der Waals surface area contributed by atoms with E-state index in [4.69, 9.17) is 4.74 Å². The molecule has 1 aromatic carbocycles. The first kappa shape index (κ1) is 24.5. The highest BCUT2D eigenvalue weighted by molar-refractivity contribution is 14.0. The number of rotatable bonds is 9. The van der Waals surface area contributed by atoms with Gasteiger partial charge in [-0.2, -0.15) is 0 Å². The molecule has 1 fully saturated rings. The molecule has 28 heavy (non-hydrogen) atoms. The Kier molecular flexibility index (Phi) is 12.7. The number of guanidine groups is 1. The Morgan fingerprint density at radius 1 is 1.18 bits per heavy atom. The first-order valence-electron chi connectivity index (χ1n) is 10.2. The number of carbonyl (C=O) groups is 1. The number of halogens is 1. The van der Waals surface area contributed by atoms with Crippen LogP contribution in [-0.2, 0) is 4.79 Å². The highest BCUT2D eigenvalue weighted by Crippen LogP contribution is 2.11. The third kappa shape index (κ3) is 9.61. The Morgan fingerprint density at radius 2 is 1.96 bits per heavy atom. The van der Waals surface area contributed by atoms with Gasteiger partial charge in [-0.05, 0) is 45.2 Å². The molecule has 0 spiro atoms. The van der Waals surface area contributed by atoms with E-state index in [1.807, 2.05) is 29.2 Å². The SMILES string of the molecule is CCNC(=NCCCN1CCCCCC1=O)NCCOc1ccc(C)cc1.I. The van der Waals surface area contributed by atoms with Crippen LogP contribution in [0.5, 0.6) is 5.75 Å². The minimum atomic E-state index is 0. The van der Waals surface area contributed by atoms with Gasteiger partial charge in [0.25, 0.3) is 0 Å². The van der Waals surface area contributed by atoms with E-state index in [1.165, 1.54) is 12.0 Å². The van der Waals surface area contributed by atoms with E-state index in [0.717, 1.165) is 50.6 Å². The monoisotopic (exact) mass is 502 g/mol. The molecule has 7 heteroatoms. The summed E-state index contributed by atoms with van der Waals surface area (Å²) in [6, 6.07) is 8.06. The molecule has 6 nitrogen and oxygen atoms in total. The van der Waals surface area contributed by atoms with Crippen molar-refractivity contribution in [2.24, 2.45) is 4.99 Å². The molecule has 1 heterocycles. The van der Waals surface area contributed by atoms with Crippen LogP contribution >= 0.6 is 24.0 Å². The molecule has 2 rings (SSSR count). The Balaban J connectivity index is 0.00000392. The highest BCUT2D eigenvalue weighted by atomic mass is 127. The molecule has 158 valence electrons. The van der Waals surface area contributed by atoms with Crippen LogP contribution in [-0.4, -0.2) is 56.1 Å². The highest BCUT2D eigenvalue weighted by Gasteiger charge is 2.15. The predicted octanol–water partition coefficient (Wildman–Crippen LogP) is 3.34. The van der Waals surface area contributed by atoms with Crippen molar-refractivity contribution in [3.8, 4) is 5.75 Å². The van der Waals surface area contributed by atoms with Crippen molar-refractivity contribution in [3.63, 3.8) is 0 Å². The summed E-state index contributed by atoms with van der Waals surface area (Å²) >= 11 is 0. The average Bonchev–Trinajstić information content (AvgIpc) is 2.88. The smallest absolute Gasteiger partial charge is 0.222 e. The predicted molar refractivity (Wildman–Crippen MR) is 126 cm³/mol. The van der Waals surface area contributed by atoms with Crippen molar-refractivity contribution in [1.82, 2.24) is 15.5 Å². The van der Waals surface area contributed by atoms with Crippen molar-refractivity contribution in [1.29, 1.82) is 0 Å².